The fraction of sp³-hybridized carbons (Fsp3) is 0.190. The van der Waals surface area contributed by atoms with E-state index in [1.807, 2.05) is 24.3 Å². The Morgan fingerprint density at radius 2 is 1.59 bits per heavy atom. The second kappa shape index (κ2) is 9.41. The Bertz CT molecular complexity index is 977. The summed E-state index contributed by atoms with van der Waals surface area (Å²) < 4.78 is 15.8. The lowest BCUT2D eigenvalue weighted by Crippen LogP contribution is -2.13. The SMILES string of the molecule is COc1ccccc1CNc1ncc(C(=O)Nc2ccc(OC)c(OC)c2)cn1. The number of rotatable bonds is 8. The third-order valence-electron chi connectivity index (χ3n) is 4.18. The van der Waals surface area contributed by atoms with Crippen LogP contribution in [0.4, 0.5) is 11.6 Å². The first kappa shape index (κ1) is 19.9. The van der Waals surface area contributed by atoms with Crippen molar-refractivity contribution in [2.75, 3.05) is 32.0 Å². The molecule has 0 bridgehead atoms. The summed E-state index contributed by atoms with van der Waals surface area (Å²) in [6.45, 7) is 0.501. The number of nitrogens with zero attached hydrogens (tertiary/aromatic N) is 2. The Labute approximate surface area is 168 Å². The highest BCUT2D eigenvalue weighted by molar-refractivity contribution is 6.04. The number of benzene rings is 2. The fourth-order valence-corrected chi connectivity index (χ4v) is 2.68. The van der Waals surface area contributed by atoms with Gasteiger partial charge < -0.3 is 24.8 Å². The van der Waals surface area contributed by atoms with Crippen molar-refractivity contribution in [2.24, 2.45) is 0 Å². The average molecular weight is 394 g/mol. The van der Waals surface area contributed by atoms with Crippen LogP contribution in [0.3, 0.4) is 0 Å². The van der Waals surface area contributed by atoms with E-state index >= 15 is 0 Å². The van der Waals surface area contributed by atoms with Crippen molar-refractivity contribution in [2.45, 2.75) is 6.54 Å². The number of para-hydroxylation sites is 1. The Hall–Kier alpha value is -3.81. The quantitative estimate of drug-likeness (QED) is 0.605. The number of carbonyl (C=O) groups excluding carboxylic acids is 1. The van der Waals surface area contributed by atoms with E-state index in [9.17, 15) is 4.79 Å². The molecule has 1 aromatic heterocycles. The maximum Gasteiger partial charge on any atom is 0.258 e. The van der Waals surface area contributed by atoms with Crippen molar-refractivity contribution in [3.8, 4) is 17.2 Å². The van der Waals surface area contributed by atoms with Gasteiger partial charge in [-0.25, -0.2) is 9.97 Å². The maximum atomic E-state index is 12.4. The van der Waals surface area contributed by atoms with Gasteiger partial charge in [0.1, 0.15) is 5.75 Å². The first-order valence-electron chi connectivity index (χ1n) is 8.85. The largest absolute Gasteiger partial charge is 0.496 e. The number of hydrogen-bond acceptors (Lipinski definition) is 7. The number of methoxy groups -OCH3 is 3. The molecule has 0 saturated heterocycles. The van der Waals surface area contributed by atoms with Crippen LogP contribution < -0.4 is 24.8 Å². The second-order valence-electron chi connectivity index (χ2n) is 5.98. The third kappa shape index (κ3) is 4.92. The topological polar surface area (TPSA) is 94.6 Å². The molecule has 2 aromatic carbocycles. The minimum absolute atomic E-state index is 0.325. The van der Waals surface area contributed by atoms with Crippen molar-refractivity contribution in [3.63, 3.8) is 0 Å². The van der Waals surface area contributed by atoms with Crippen LogP contribution in [0, 0.1) is 0 Å². The van der Waals surface area contributed by atoms with Crippen molar-refractivity contribution in [3.05, 3.63) is 66.0 Å². The van der Waals surface area contributed by atoms with Crippen molar-refractivity contribution in [1.29, 1.82) is 0 Å². The number of carbonyl (C=O) groups is 1. The van der Waals surface area contributed by atoms with Crippen molar-refractivity contribution < 1.29 is 19.0 Å². The average Bonchev–Trinajstić information content (AvgIpc) is 2.78. The summed E-state index contributed by atoms with van der Waals surface area (Å²) in [7, 11) is 4.71. The second-order valence-corrected chi connectivity index (χ2v) is 5.98. The molecule has 3 aromatic rings. The predicted octanol–water partition coefficient (Wildman–Crippen LogP) is 3.37. The maximum absolute atomic E-state index is 12.4. The molecule has 0 radical (unpaired) electrons. The van der Waals surface area contributed by atoms with Crippen LogP contribution in [-0.2, 0) is 6.54 Å². The first-order valence-corrected chi connectivity index (χ1v) is 8.85. The highest BCUT2D eigenvalue weighted by atomic mass is 16.5. The first-order chi connectivity index (χ1) is 14.1. The Morgan fingerprint density at radius 3 is 2.28 bits per heavy atom. The van der Waals surface area contributed by atoms with Gasteiger partial charge in [0.25, 0.3) is 5.91 Å². The highest BCUT2D eigenvalue weighted by Crippen LogP contribution is 2.29. The molecule has 0 saturated carbocycles. The summed E-state index contributed by atoms with van der Waals surface area (Å²) in [4.78, 5) is 20.9. The Kier molecular flexibility index (Phi) is 6.47. The molecule has 0 fully saturated rings. The molecule has 0 unspecified atom stereocenters. The van der Waals surface area contributed by atoms with Gasteiger partial charge >= 0.3 is 0 Å². The van der Waals surface area contributed by atoms with Crippen LogP contribution in [0.1, 0.15) is 15.9 Å². The molecular formula is C21H22N4O4. The third-order valence-corrected chi connectivity index (χ3v) is 4.18. The smallest absolute Gasteiger partial charge is 0.258 e. The van der Waals surface area contributed by atoms with E-state index in [4.69, 9.17) is 14.2 Å². The van der Waals surface area contributed by atoms with Crippen LogP contribution >= 0.6 is 0 Å². The number of anilines is 2. The van der Waals surface area contributed by atoms with Gasteiger partial charge in [-0.1, -0.05) is 18.2 Å². The minimum Gasteiger partial charge on any atom is -0.496 e. The molecule has 0 aliphatic carbocycles. The van der Waals surface area contributed by atoms with E-state index < -0.39 is 0 Å². The number of nitrogens with one attached hydrogen (secondary N) is 2. The fourth-order valence-electron chi connectivity index (χ4n) is 2.68. The van der Waals surface area contributed by atoms with Gasteiger partial charge in [0.2, 0.25) is 5.95 Å². The number of hydrogen-bond donors (Lipinski definition) is 2. The van der Waals surface area contributed by atoms with Gasteiger partial charge in [-0.3, -0.25) is 4.79 Å². The zero-order valence-corrected chi connectivity index (χ0v) is 16.4. The van der Waals surface area contributed by atoms with Crippen LogP contribution in [0.5, 0.6) is 17.2 Å². The van der Waals surface area contributed by atoms with Gasteiger partial charge in [0.05, 0.1) is 26.9 Å². The molecule has 0 aliphatic rings. The molecule has 8 nitrogen and oxygen atoms in total. The van der Waals surface area contributed by atoms with Crippen LogP contribution in [-0.4, -0.2) is 37.2 Å². The van der Waals surface area contributed by atoms with Gasteiger partial charge in [-0.05, 0) is 18.2 Å². The van der Waals surface area contributed by atoms with E-state index in [1.54, 1.807) is 32.4 Å². The minimum atomic E-state index is -0.325. The van der Waals surface area contributed by atoms with Gasteiger partial charge in [0.15, 0.2) is 11.5 Å². The summed E-state index contributed by atoms with van der Waals surface area (Å²) in [5, 5.41) is 5.90. The zero-order valence-electron chi connectivity index (χ0n) is 16.4. The molecule has 1 heterocycles. The molecule has 3 rings (SSSR count). The Morgan fingerprint density at radius 1 is 0.897 bits per heavy atom. The molecular weight excluding hydrogens is 372 g/mol. The lowest BCUT2D eigenvalue weighted by Gasteiger charge is -2.11. The Balaban J connectivity index is 1.63. The predicted molar refractivity (Wildman–Crippen MR) is 110 cm³/mol. The van der Waals surface area contributed by atoms with Gasteiger partial charge in [0, 0.05) is 36.3 Å². The lowest BCUT2D eigenvalue weighted by atomic mass is 10.2. The highest BCUT2D eigenvalue weighted by Gasteiger charge is 2.11. The standard InChI is InChI=1S/C21H22N4O4/c1-27-17-7-5-4-6-14(17)11-22-21-23-12-15(13-24-21)20(26)25-16-8-9-18(28-2)19(10-16)29-3/h4-10,12-13H,11H2,1-3H3,(H,25,26)(H,22,23,24). The molecule has 150 valence electrons. The van der Waals surface area contributed by atoms with Crippen LogP contribution in [0.25, 0.3) is 0 Å². The van der Waals surface area contributed by atoms with Crippen molar-refractivity contribution >= 4 is 17.5 Å². The summed E-state index contributed by atoms with van der Waals surface area (Å²) in [5.41, 5.74) is 1.89. The molecule has 0 aliphatic heterocycles. The summed E-state index contributed by atoms with van der Waals surface area (Å²) in [6, 6.07) is 12.8. The van der Waals surface area contributed by atoms with Crippen LogP contribution in [0.2, 0.25) is 0 Å². The van der Waals surface area contributed by atoms with E-state index in [0.29, 0.717) is 35.2 Å². The van der Waals surface area contributed by atoms with Gasteiger partial charge in [-0.15, -0.1) is 0 Å². The molecule has 1 amide bonds. The lowest BCUT2D eigenvalue weighted by molar-refractivity contribution is 0.102. The van der Waals surface area contributed by atoms with E-state index in [2.05, 4.69) is 20.6 Å². The number of amides is 1. The van der Waals surface area contributed by atoms with E-state index in [0.717, 1.165) is 11.3 Å². The zero-order chi connectivity index (χ0) is 20.6. The monoisotopic (exact) mass is 394 g/mol. The number of ether oxygens (including phenoxy) is 3. The van der Waals surface area contributed by atoms with Gasteiger partial charge in [-0.2, -0.15) is 0 Å². The van der Waals surface area contributed by atoms with Crippen molar-refractivity contribution in [1.82, 2.24) is 9.97 Å². The normalized spacial score (nSPS) is 10.2. The molecule has 29 heavy (non-hydrogen) atoms. The van der Waals surface area contributed by atoms with E-state index in [1.165, 1.54) is 19.5 Å². The summed E-state index contributed by atoms with van der Waals surface area (Å²) in [6.07, 6.45) is 2.93. The molecule has 8 heteroatoms. The molecule has 0 spiro atoms. The molecule has 2 N–H and O–H groups in total. The summed E-state index contributed by atoms with van der Waals surface area (Å²) in [5.74, 6) is 1.98. The van der Waals surface area contributed by atoms with E-state index in [-0.39, 0.29) is 5.91 Å². The summed E-state index contributed by atoms with van der Waals surface area (Å²) >= 11 is 0. The van der Waals surface area contributed by atoms with Crippen LogP contribution in [0.15, 0.2) is 54.9 Å². The number of aromatic nitrogens is 2. The molecule has 0 atom stereocenters.